The Hall–Kier alpha value is -1.26. The molecule has 1 amide bonds. The van der Waals surface area contributed by atoms with Crippen molar-refractivity contribution in [2.24, 2.45) is 0 Å². The van der Waals surface area contributed by atoms with Crippen molar-refractivity contribution in [2.75, 3.05) is 0 Å². The summed E-state index contributed by atoms with van der Waals surface area (Å²) >= 11 is 0. The standard InChI is InChI=1S/C17H33NO4/c1-5-6-7-8-9-10-11-12-13-14(15(19)20)18-16(21)22-17(2,3)4/h14H,5-13H2,1-4H3,(H,18,21)(H,19,20)/t14-/m1/s1. The number of hydrogen-bond acceptors (Lipinski definition) is 3. The van der Waals surface area contributed by atoms with E-state index >= 15 is 0 Å². The summed E-state index contributed by atoms with van der Waals surface area (Å²) in [6, 6.07) is -0.866. The Morgan fingerprint density at radius 3 is 1.95 bits per heavy atom. The smallest absolute Gasteiger partial charge is 0.408 e. The van der Waals surface area contributed by atoms with Crippen LogP contribution in [0.4, 0.5) is 4.79 Å². The number of carboxylic acids is 1. The van der Waals surface area contributed by atoms with Gasteiger partial charge in [0.25, 0.3) is 0 Å². The van der Waals surface area contributed by atoms with Crippen LogP contribution < -0.4 is 5.32 Å². The van der Waals surface area contributed by atoms with Gasteiger partial charge in [-0.1, -0.05) is 58.3 Å². The van der Waals surface area contributed by atoms with Gasteiger partial charge in [0.05, 0.1) is 0 Å². The molecular formula is C17H33NO4. The second-order valence-electron chi connectivity index (χ2n) is 6.80. The Kier molecular flexibility index (Phi) is 10.7. The molecular weight excluding hydrogens is 282 g/mol. The lowest BCUT2D eigenvalue weighted by Crippen LogP contribution is -2.43. The van der Waals surface area contributed by atoms with Crippen LogP contribution in [0.1, 0.15) is 85.5 Å². The average Bonchev–Trinajstić information content (AvgIpc) is 2.38. The van der Waals surface area contributed by atoms with Crippen molar-refractivity contribution in [1.82, 2.24) is 5.32 Å². The molecule has 0 aromatic heterocycles. The van der Waals surface area contributed by atoms with E-state index in [4.69, 9.17) is 9.84 Å². The normalized spacial score (nSPS) is 12.7. The van der Waals surface area contributed by atoms with Crippen LogP contribution in [0.25, 0.3) is 0 Å². The van der Waals surface area contributed by atoms with E-state index in [1.807, 2.05) is 0 Å². The van der Waals surface area contributed by atoms with Crippen LogP contribution >= 0.6 is 0 Å². The Bertz CT molecular complexity index is 323. The summed E-state index contributed by atoms with van der Waals surface area (Å²) in [6.45, 7) is 7.45. The highest BCUT2D eigenvalue weighted by Gasteiger charge is 2.23. The molecule has 5 nitrogen and oxygen atoms in total. The zero-order valence-corrected chi connectivity index (χ0v) is 14.6. The van der Waals surface area contributed by atoms with Crippen molar-refractivity contribution < 1.29 is 19.4 Å². The molecule has 0 saturated carbocycles. The number of amides is 1. The Labute approximate surface area is 134 Å². The van der Waals surface area contributed by atoms with Gasteiger partial charge in [-0.15, -0.1) is 0 Å². The average molecular weight is 315 g/mol. The SMILES string of the molecule is CCCCCCCCCC[C@@H](NC(=O)OC(C)(C)C)C(=O)O. The van der Waals surface area contributed by atoms with Gasteiger partial charge in [0.15, 0.2) is 0 Å². The van der Waals surface area contributed by atoms with Gasteiger partial charge in [0.1, 0.15) is 11.6 Å². The van der Waals surface area contributed by atoms with E-state index in [1.165, 1.54) is 32.1 Å². The summed E-state index contributed by atoms with van der Waals surface area (Å²) in [5, 5.41) is 11.6. The second kappa shape index (κ2) is 11.3. The van der Waals surface area contributed by atoms with Gasteiger partial charge in [0.2, 0.25) is 0 Å². The fraction of sp³-hybridized carbons (Fsp3) is 0.882. The highest BCUT2D eigenvalue weighted by atomic mass is 16.6. The van der Waals surface area contributed by atoms with Gasteiger partial charge in [-0.25, -0.2) is 9.59 Å². The molecule has 0 aliphatic carbocycles. The maximum absolute atomic E-state index is 11.6. The molecule has 0 rings (SSSR count). The predicted octanol–water partition coefficient (Wildman–Crippen LogP) is 4.50. The van der Waals surface area contributed by atoms with Gasteiger partial charge < -0.3 is 15.2 Å². The fourth-order valence-electron chi connectivity index (χ4n) is 2.19. The first-order chi connectivity index (χ1) is 10.3. The number of carbonyl (C=O) groups is 2. The van der Waals surface area contributed by atoms with Crippen LogP contribution in [-0.4, -0.2) is 28.8 Å². The molecule has 0 aliphatic heterocycles. The minimum absolute atomic E-state index is 0.448. The zero-order valence-electron chi connectivity index (χ0n) is 14.6. The molecule has 0 aliphatic rings. The van der Waals surface area contributed by atoms with Crippen molar-refractivity contribution in [3.05, 3.63) is 0 Å². The number of carboxylic acid groups (broad SMARTS) is 1. The predicted molar refractivity (Wildman–Crippen MR) is 88.0 cm³/mol. The van der Waals surface area contributed by atoms with E-state index in [0.29, 0.717) is 6.42 Å². The molecule has 0 bridgehead atoms. The first-order valence-electron chi connectivity index (χ1n) is 8.48. The quantitative estimate of drug-likeness (QED) is 0.551. The molecule has 0 fully saturated rings. The minimum Gasteiger partial charge on any atom is -0.480 e. The first kappa shape index (κ1) is 20.7. The number of nitrogens with one attached hydrogen (secondary N) is 1. The van der Waals surface area contributed by atoms with E-state index in [0.717, 1.165) is 19.3 Å². The van der Waals surface area contributed by atoms with Crippen molar-refractivity contribution >= 4 is 12.1 Å². The number of rotatable bonds is 11. The summed E-state index contributed by atoms with van der Waals surface area (Å²) in [5.41, 5.74) is -0.619. The third-order valence-corrected chi connectivity index (χ3v) is 3.34. The lowest BCUT2D eigenvalue weighted by molar-refractivity contribution is -0.139. The summed E-state index contributed by atoms with van der Waals surface area (Å²) in [6.07, 6.45) is 9.01. The molecule has 5 heteroatoms. The zero-order chi connectivity index (χ0) is 17.0. The highest BCUT2D eigenvalue weighted by Crippen LogP contribution is 2.12. The molecule has 0 aromatic carbocycles. The second-order valence-corrected chi connectivity index (χ2v) is 6.80. The lowest BCUT2D eigenvalue weighted by Gasteiger charge is -2.22. The fourth-order valence-corrected chi connectivity index (χ4v) is 2.19. The van der Waals surface area contributed by atoms with Crippen molar-refractivity contribution in [3.63, 3.8) is 0 Å². The van der Waals surface area contributed by atoms with Gasteiger partial charge in [-0.05, 0) is 27.2 Å². The van der Waals surface area contributed by atoms with Crippen molar-refractivity contribution in [2.45, 2.75) is 97.1 Å². The van der Waals surface area contributed by atoms with Gasteiger partial charge in [-0.2, -0.15) is 0 Å². The van der Waals surface area contributed by atoms with Gasteiger partial charge in [0, 0.05) is 0 Å². The number of carbonyl (C=O) groups excluding carboxylic acids is 1. The molecule has 0 spiro atoms. The molecule has 1 atom stereocenters. The highest BCUT2D eigenvalue weighted by molar-refractivity contribution is 5.79. The summed E-state index contributed by atoms with van der Waals surface area (Å²) in [7, 11) is 0. The Morgan fingerprint density at radius 1 is 1.00 bits per heavy atom. The van der Waals surface area contributed by atoms with E-state index in [-0.39, 0.29) is 0 Å². The van der Waals surface area contributed by atoms with Gasteiger partial charge in [-0.3, -0.25) is 0 Å². The molecule has 0 heterocycles. The van der Waals surface area contributed by atoms with Crippen LogP contribution in [0.3, 0.4) is 0 Å². The molecule has 22 heavy (non-hydrogen) atoms. The first-order valence-corrected chi connectivity index (χ1v) is 8.48. The van der Waals surface area contributed by atoms with Crippen molar-refractivity contribution in [1.29, 1.82) is 0 Å². The largest absolute Gasteiger partial charge is 0.480 e. The molecule has 2 N–H and O–H groups in total. The van der Waals surface area contributed by atoms with Crippen molar-refractivity contribution in [3.8, 4) is 0 Å². The molecule has 130 valence electrons. The van der Waals surface area contributed by atoms with Crippen LogP contribution in [0.15, 0.2) is 0 Å². The number of unbranched alkanes of at least 4 members (excludes halogenated alkanes) is 7. The van der Waals surface area contributed by atoms with Crippen LogP contribution in [-0.2, 0) is 9.53 Å². The maximum atomic E-state index is 11.6. The third-order valence-electron chi connectivity index (χ3n) is 3.34. The van der Waals surface area contributed by atoms with Gasteiger partial charge >= 0.3 is 12.1 Å². The maximum Gasteiger partial charge on any atom is 0.408 e. The molecule has 0 unspecified atom stereocenters. The Balaban J connectivity index is 3.87. The van der Waals surface area contributed by atoms with E-state index in [2.05, 4.69) is 12.2 Å². The molecule has 0 saturated heterocycles. The number of ether oxygens (including phenoxy) is 1. The van der Waals surface area contributed by atoms with Crippen LogP contribution in [0.5, 0.6) is 0 Å². The minimum atomic E-state index is -1.01. The summed E-state index contributed by atoms with van der Waals surface area (Å²) in [4.78, 5) is 22.8. The van der Waals surface area contributed by atoms with Crippen LogP contribution in [0.2, 0.25) is 0 Å². The summed E-state index contributed by atoms with van der Waals surface area (Å²) < 4.78 is 5.09. The number of hydrogen-bond donors (Lipinski definition) is 2. The monoisotopic (exact) mass is 315 g/mol. The number of aliphatic carboxylic acids is 1. The Morgan fingerprint density at radius 2 is 1.50 bits per heavy atom. The van der Waals surface area contributed by atoms with E-state index in [1.54, 1.807) is 20.8 Å². The van der Waals surface area contributed by atoms with Crippen LogP contribution in [0, 0.1) is 0 Å². The van der Waals surface area contributed by atoms with E-state index in [9.17, 15) is 9.59 Å². The lowest BCUT2D eigenvalue weighted by atomic mass is 10.0. The van der Waals surface area contributed by atoms with E-state index < -0.39 is 23.7 Å². The topological polar surface area (TPSA) is 75.6 Å². The number of alkyl carbamates (subject to hydrolysis) is 1. The molecule has 0 aromatic rings. The summed E-state index contributed by atoms with van der Waals surface area (Å²) in [5.74, 6) is -1.01. The molecule has 0 radical (unpaired) electrons. The third kappa shape index (κ3) is 12.5.